The number of aryl methyl sites for hydroxylation is 1. The smallest absolute Gasteiger partial charge is 0.263 e. The SMILES string of the molecule is Cc1cc2c(Cl)ccc(NS(=O)(=O)c3ccc(C(C)(C)C#N)cc3)n2c1. The molecule has 0 unspecified atom stereocenters. The van der Waals surface area contributed by atoms with Crippen LogP contribution < -0.4 is 4.72 Å². The zero-order valence-electron chi connectivity index (χ0n) is 14.6. The van der Waals surface area contributed by atoms with E-state index in [-0.39, 0.29) is 4.90 Å². The van der Waals surface area contributed by atoms with Crippen LogP contribution in [-0.4, -0.2) is 12.8 Å². The van der Waals surface area contributed by atoms with Gasteiger partial charge in [-0.1, -0.05) is 23.7 Å². The van der Waals surface area contributed by atoms with Gasteiger partial charge in [0.25, 0.3) is 10.0 Å². The second-order valence-electron chi connectivity index (χ2n) is 6.71. The third-order valence-electron chi connectivity index (χ3n) is 4.25. The number of anilines is 1. The van der Waals surface area contributed by atoms with E-state index < -0.39 is 15.4 Å². The summed E-state index contributed by atoms with van der Waals surface area (Å²) < 4.78 is 29.8. The molecule has 0 aliphatic carbocycles. The molecule has 3 rings (SSSR count). The first-order valence-electron chi connectivity index (χ1n) is 7.96. The molecule has 0 aliphatic rings. The van der Waals surface area contributed by atoms with E-state index in [1.54, 1.807) is 42.5 Å². The van der Waals surface area contributed by atoms with E-state index in [0.717, 1.165) is 16.6 Å². The second kappa shape index (κ2) is 6.35. The van der Waals surface area contributed by atoms with Crippen LogP contribution in [0.4, 0.5) is 5.82 Å². The molecule has 0 fully saturated rings. The van der Waals surface area contributed by atoms with Crippen molar-refractivity contribution in [2.75, 3.05) is 4.72 Å². The Hall–Kier alpha value is -2.49. The van der Waals surface area contributed by atoms with Gasteiger partial charge in [0.2, 0.25) is 0 Å². The van der Waals surface area contributed by atoms with Crippen LogP contribution in [0, 0.1) is 18.3 Å². The monoisotopic (exact) mass is 387 g/mol. The zero-order valence-corrected chi connectivity index (χ0v) is 16.2. The molecule has 0 atom stereocenters. The number of hydrogen-bond donors (Lipinski definition) is 1. The highest BCUT2D eigenvalue weighted by Crippen LogP contribution is 2.27. The van der Waals surface area contributed by atoms with Gasteiger partial charge in [-0.3, -0.25) is 4.72 Å². The number of sulfonamides is 1. The van der Waals surface area contributed by atoms with Gasteiger partial charge in [0.15, 0.2) is 0 Å². The van der Waals surface area contributed by atoms with Crippen LogP contribution in [0.3, 0.4) is 0 Å². The minimum atomic E-state index is -3.77. The maximum atomic E-state index is 12.7. The summed E-state index contributed by atoms with van der Waals surface area (Å²) in [7, 11) is -3.77. The summed E-state index contributed by atoms with van der Waals surface area (Å²) >= 11 is 6.18. The lowest BCUT2D eigenvalue weighted by atomic mass is 9.87. The Balaban J connectivity index is 1.98. The Morgan fingerprint density at radius 2 is 1.81 bits per heavy atom. The molecule has 0 saturated heterocycles. The van der Waals surface area contributed by atoms with Gasteiger partial charge < -0.3 is 4.40 Å². The van der Waals surface area contributed by atoms with Crippen LogP contribution in [0.1, 0.15) is 25.0 Å². The summed E-state index contributed by atoms with van der Waals surface area (Å²) in [5.41, 5.74) is 1.78. The van der Waals surface area contributed by atoms with Crippen LogP contribution >= 0.6 is 11.6 Å². The van der Waals surface area contributed by atoms with E-state index in [1.807, 2.05) is 19.2 Å². The zero-order chi connectivity index (χ0) is 19.1. The minimum absolute atomic E-state index is 0.127. The highest BCUT2D eigenvalue weighted by molar-refractivity contribution is 7.92. The van der Waals surface area contributed by atoms with E-state index in [1.165, 1.54) is 12.1 Å². The van der Waals surface area contributed by atoms with Gasteiger partial charge in [-0.05, 0) is 62.2 Å². The molecule has 5 nitrogen and oxygen atoms in total. The van der Waals surface area contributed by atoms with E-state index >= 15 is 0 Å². The second-order valence-corrected chi connectivity index (χ2v) is 8.80. The van der Waals surface area contributed by atoms with Gasteiger partial charge in [0.05, 0.1) is 26.9 Å². The fraction of sp³-hybridized carbons (Fsp3) is 0.211. The first-order valence-corrected chi connectivity index (χ1v) is 9.82. The number of rotatable bonds is 4. The molecule has 3 aromatic rings. The molecule has 1 N–H and O–H groups in total. The first-order chi connectivity index (χ1) is 12.1. The lowest BCUT2D eigenvalue weighted by Crippen LogP contribution is -2.17. The topological polar surface area (TPSA) is 74.4 Å². The number of halogens is 1. The van der Waals surface area contributed by atoms with Gasteiger partial charge in [-0.2, -0.15) is 5.26 Å². The maximum absolute atomic E-state index is 12.7. The molecule has 0 saturated carbocycles. The molecule has 0 radical (unpaired) electrons. The normalized spacial score (nSPS) is 12.1. The summed E-state index contributed by atoms with van der Waals surface area (Å²) in [5.74, 6) is 0.402. The van der Waals surface area contributed by atoms with Crippen molar-refractivity contribution in [1.82, 2.24) is 4.40 Å². The van der Waals surface area contributed by atoms with Crippen molar-refractivity contribution in [1.29, 1.82) is 5.26 Å². The average Bonchev–Trinajstić information content (AvgIpc) is 3.00. The molecular formula is C19H18ClN3O2S. The van der Waals surface area contributed by atoms with Crippen molar-refractivity contribution in [3.63, 3.8) is 0 Å². The summed E-state index contributed by atoms with van der Waals surface area (Å²) in [6, 6.07) is 13.7. The Labute approximate surface area is 157 Å². The molecule has 0 amide bonds. The summed E-state index contributed by atoms with van der Waals surface area (Å²) in [4.78, 5) is 0.127. The van der Waals surface area contributed by atoms with Crippen LogP contribution in [-0.2, 0) is 15.4 Å². The molecule has 0 bridgehead atoms. The lowest BCUT2D eigenvalue weighted by molar-refractivity contribution is 0.600. The lowest BCUT2D eigenvalue weighted by Gasteiger charge is -2.16. The van der Waals surface area contributed by atoms with Gasteiger partial charge in [0, 0.05) is 6.20 Å². The number of benzene rings is 1. The summed E-state index contributed by atoms with van der Waals surface area (Å²) in [6.07, 6.45) is 1.82. The molecule has 1 aromatic carbocycles. The molecule has 0 aliphatic heterocycles. The van der Waals surface area contributed by atoms with Crippen molar-refractivity contribution >= 4 is 33.0 Å². The molecule has 134 valence electrons. The van der Waals surface area contributed by atoms with Gasteiger partial charge >= 0.3 is 0 Å². The number of nitrogens with one attached hydrogen (secondary N) is 1. The number of fused-ring (bicyclic) bond motifs is 1. The number of nitriles is 1. The highest BCUT2D eigenvalue weighted by atomic mass is 35.5. The van der Waals surface area contributed by atoms with E-state index in [0.29, 0.717) is 10.8 Å². The quantitative estimate of drug-likeness (QED) is 0.716. The number of pyridine rings is 1. The van der Waals surface area contributed by atoms with Crippen molar-refractivity contribution in [3.05, 3.63) is 64.8 Å². The molecule has 26 heavy (non-hydrogen) atoms. The van der Waals surface area contributed by atoms with Crippen molar-refractivity contribution in [3.8, 4) is 6.07 Å². The molecule has 2 aromatic heterocycles. The molecule has 0 spiro atoms. The summed E-state index contributed by atoms with van der Waals surface area (Å²) in [6.45, 7) is 5.48. The Kier molecular flexibility index (Phi) is 4.47. The Bertz CT molecular complexity index is 1120. The molecule has 7 heteroatoms. The van der Waals surface area contributed by atoms with Crippen LogP contribution in [0.2, 0.25) is 5.02 Å². The standard InChI is InChI=1S/C19H18ClN3O2S/c1-13-10-17-16(20)8-9-18(23(17)11-13)22-26(24,25)15-6-4-14(5-7-15)19(2,3)12-21/h4-11,22H,1-3H3. The predicted molar refractivity (Wildman–Crippen MR) is 103 cm³/mol. The number of aromatic nitrogens is 1. The largest absolute Gasteiger partial charge is 0.301 e. The summed E-state index contributed by atoms with van der Waals surface area (Å²) in [5, 5.41) is 9.75. The van der Waals surface area contributed by atoms with Crippen molar-refractivity contribution < 1.29 is 8.42 Å². The fourth-order valence-electron chi connectivity index (χ4n) is 2.69. The predicted octanol–water partition coefficient (Wildman–Crippen LogP) is 4.50. The first kappa shape index (κ1) is 18.3. The number of hydrogen-bond acceptors (Lipinski definition) is 3. The van der Waals surface area contributed by atoms with Crippen LogP contribution in [0.15, 0.2) is 53.6 Å². The van der Waals surface area contributed by atoms with E-state index in [9.17, 15) is 13.7 Å². The fourth-order valence-corrected chi connectivity index (χ4v) is 3.95. The Morgan fingerprint density at radius 3 is 2.42 bits per heavy atom. The Morgan fingerprint density at radius 1 is 1.15 bits per heavy atom. The van der Waals surface area contributed by atoms with Crippen LogP contribution in [0.25, 0.3) is 5.52 Å². The van der Waals surface area contributed by atoms with Gasteiger partial charge in [0.1, 0.15) is 5.82 Å². The van der Waals surface area contributed by atoms with E-state index in [4.69, 9.17) is 11.6 Å². The third-order valence-corrected chi connectivity index (χ3v) is 5.94. The van der Waals surface area contributed by atoms with Gasteiger partial charge in [-0.25, -0.2) is 8.42 Å². The van der Waals surface area contributed by atoms with E-state index in [2.05, 4.69) is 10.8 Å². The highest BCUT2D eigenvalue weighted by Gasteiger charge is 2.22. The number of nitrogens with zero attached hydrogens (tertiary/aromatic N) is 2. The van der Waals surface area contributed by atoms with Crippen LogP contribution in [0.5, 0.6) is 0 Å². The average molecular weight is 388 g/mol. The van der Waals surface area contributed by atoms with Crippen molar-refractivity contribution in [2.24, 2.45) is 0 Å². The maximum Gasteiger partial charge on any atom is 0.263 e. The minimum Gasteiger partial charge on any atom is -0.301 e. The van der Waals surface area contributed by atoms with Gasteiger partial charge in [-0.15, -0.1) is 0 Å². The molecular weight excluding hydrogens is 370 g/mol. The molecule has 2 heterocycles. The van der Waals surface area contributed by atoms with Crippen molar-refractivity contribution in [2.45, 2.75) is 31.1 Å². The third kappa shape index (κ3) is 3.28.